The van der Waals surface area contributed by atoms with Crippen molar-refractivity contribution in [2.24, 2.45) is 0 Å². The van der Waals surface area contributed by atoms with E-state index in [1.807, 2.05) is 6.92 Å². The van der Waals surface area contributed by atoms with Crippen molar-refractivity contribution in [2.45, 2.75) is 38.7 Å². The number of esters is 1. The standard InChI is InChI=1S/C8H13O2/c1-2-8(9)10-7-5-3-4-6-7/h3,7H,2,4-6H2,1H3. The average Bonchev–Trinajstić information content (AvgIpc) is 2.40. The first-order valence-corrected chi connectivity index (χ1v) is 3.84. The minimum Gasteiger partial charge on any atom is -0.462 e. The molecule has 1 aliphatic carbocycles. The zero-order valence-corrected chi connectivity index (χ0v) is 6.30. The van der Waals surface area contributed by atoms with Gasteiger partial charge >= 0.3 is 5.97 Å². The van der Waals surface area contributed by atoms with Crippen molar-refractivity contribution in [3.8, 4) is 0 Å². The van der Waals surface area contributed by atoms with Gasteiger partial charge in [0.2, 0.25) is 0 Å². The molecule has 0 heterocycles. The Balaban J connectivity index is 2.17. The van der Waals surface area contributed by atoms with Crippen LogP contribution in [0.25, 0.3) is 0 Å². The van der Waals surface area contributed by atoms with Gasteiger partial charge in [-0.2, -0.15) is 0 Å². The predicted molar refractivity (Wildman–Crippen MR) is 38.3 cm³/mol. The van der Waals surface area contributed by atoms with Crippen LogP contribution in [0, 0.1) is 6.42 Å². The van der Waals surface area contributed by atoms with Gasteiger partial charge in [0.1, 0.15) is 6.10 Å². The van der Waals surface area contributed by atoms with Crippen LogP contribution in [0.4, 0.5) is 0 Å². The highest BCUT2D eigenvalue weighted by atomic mass is 16.5. The van der Waals surface area contributed by atoms with Gasteiger partial charge in [-0.25, -0.2) is 0 Å². The highest BCUT2D eigenvalue weighted by molar-refractivity contribution is 5.69. The predicted octanol–water partition coefficient (Wildman–Crippen LogP) is 1.70. The molecule has 1 atom stereocenters. The summed E-state index contributed by atoms with van der Waals surface area (Å²) in [6.45, 7) is 1.82. The van der Waals surface area contributed by atoms with Gasteiger partial charge in [-0.05, 0) is 25.7 Å². The molecule has 1 fully saturated rings. The maximum absolute atomic E-state index is 10.7. The summed E-state index contributed by atoms with van der Waals surface area (Å²) in [6.07, 6.45) is 5.93. The van der Waals surface area contributed by atoms with Crippen LogP contribution in [0.1, 0.15) is 32.6 Å². The lowest BCUT2D eigenvalue weighted by atomic mass is 10.3. The lowest BCUT2D eigenvalue weighted by Crippen LogP contribution is -2.13. The normalized spacial score (nSPS) is 19.3. The van der Waals surface area contributed by atoms with Crippen LogP contribution in [0.3, 0.4) is 0 Å². The fourth-order valence-corrected chi connectivity index (χ4v) is 1.10. The summed E-state index contributed by atoms with van der Waals surface area (Å²) in [6, 6.07) is 0. The molecule has 1 unspecified atom stereocenters. The van der Waals surface area contributed by atoms with E-state index in [4.69, 9.17) is 4.74 Å². The van der Waals surface area contributed by atoms with Crippen molar-refractivity contribution in [3.63, 3.8) is 0 Å². The Hall–Kier alpha value is -0.530. The van der Waals surface area contributed by atoms with Crippen LogP contribution in [0.15, 0.2) is 0 Å². The maximum atomic E-state index is 10.7. The average molecular weight is 141 g/mol. The Kier molecular flexibility index (Phi) is 2.72. The maximum Gasteiger partial charge on any atom is 0.305 e. The number of ether oxygens (including phenoxy) is 1. The lowest BCUT2D eigenvalue weighted by molar-refractivity contribution is -0.148. The smallest absolute Gasteiger partial charge is 0.305 e. The summed E-state index contributed by atoms with van der Waals surface area (Å²) in [5.41, 5.74) is 0. The van der Waals surface area contributed by atoms with Gasteiger partial charge in [-0.3, -0.25) is 4.79 Å². The molecule has 0 saturated heterocycles. The van der Waals surface area contributed by atoms with Crippen LogP contribution in [0.2, 0.25) is 0 Å². The molecule has 0 aromatic carbocycles. The topological polar surface area (TPSA) is 26.3 Å². The van der Waals surface area contributed by atoms with Crippen LogP contribution >= 0.6 is 0 Å². The second-order valence-corrected chi connectivity index (χ2v) is 2.57. The molecule has 0 spiro atoms. The lowest BCUT2D eigenvalue weighted by Gasteiger charge is -2.08. The molecule has 2 nitrogen and oxygen atoms in total. The summed E-state index contributed by atoms with van der Waals surface area (Å²) >= 11 is 0. The minimum atomic E-state index is -0.0692. The Labute approximate surface area is 61.6 Å². The van der Waals surface area contributed by atoms with Crippen molar-refractivity contribution in [3.05, 3.63) is 6.42 Å². The molecule has 0 aromatic heterocycles. The number of carbonyl (C=O) groups is 1. The molecule has 0 N–H and O–H groups in total. The zero-order valence-electron chi connectivity index (χ0n) is 6.30. The Morgan fingerprint density at radius 1 is 1.80 bits per heavy atom. The number of carbonyl (C=O) groups excluding carboxylic acids is 1. The molecule has 0 aromatic rings. The van der Waals surface area contributed by atoms with Crippen LogP contribution in [-0.2, 0) is 9.53 Å². The second kappa shape index (κ2) is 3.59. The minimum absolute atomic E-state index is 0.0692. The molecule has 0 bridgehead atoms. The highest BCUT2D eigenvalue weighted by Gasteiger charge is 2.17. The zero-order chi connectivity index (χ0) is 7.40. The number of rotatable bonds is 2. The summed E-state index contributed by atoms with van der Waals surface area (Å²) in [7, 11) is 0. The summed E-state index contributed by atoms with van der Waals surface area (Å²) < 4.78 is 5.09. The van der Waals surface area contributed by atoms with E-state index < -0.39 is 0 Å². The van der Waals surface area contributed by atoms with Gasteiger partial charge in [0, 0.05) is 6.42 Å². The molecule has 0 aliphatic heterocycles. The molecule has 1 aliphatic rings. The second-order valence-electron chi connectivity index (χ2n) is 2.57. The van der Waals surface area contributed by atoms with Crippen LogP contribution in [-0.4, -0.2) is 12.1 Å². The van der Waals surface area contributed by atoms with Gasteiger partial charge in [-0.15, -0.1) is 0 Å². The third-order valence-corrected chi connectivity index (χ3v) is 1.71. The van der Waals surface area contributed by atoms with Crippen molar-refractivity contribution in [1.82, 2.24) is 0 Å². The Morgan fingerprint density at radius 2 is 2.60 bits per heavy atom. The summed E-state index contributed by atoms with van der Waals surface area (Å²) in [4.78, 5) is 10.7. The van der Waals surface area contributed by atoms with Gasteiger partial charge in [0.15, 0.2) is 0 Å². The molecule has 57 valence electrons. The van der Waals surface area contributed by atoms with Crippen molar-refractivity contribution in [1.29, 1.82) is 0 Å². The van der Waals surface area contributed by atoms with Gasteiger partial charge < -0.3 is 4.74 Å². The largest absolute Gasteiger partial charge is 0.462 e. The van der Waals surface area contributed by atoms with Crippen molar-refractivity contribution in [2.75, 3.05) is 0 Å². The number of hydrogen-bond donors (Lipinski definition) is 0. The first kappa shape index (κ1) is 7.58. The van der Waals surface area contributed by atoms with Crippen LogP contribution < -0.4 is 0 Å². The molecule has 1 radical (unpaired) electrons. The van der Waals surface area contributed by atoms with E-state index in [9.17, 15) is 4.79 Å². The van der Waals surface area contributed by atoms with E-state index in [0.717, 1.165) is 19.3 Å². The van der Waals surface area contributed by atoms with E-state index >= 15 is 0 Å². The van der Waals surface area contributed by atoms with Gasteiger partial charge in [0.25, 0.3) is 0 Å². The highest BCUT2D eigenvalue weighted by Crippen LogP contribution is 2.20. The summed E-state index contributed by atoms with van der Waals surface area (Å²) in [5.74, 6) is -0.0692. The van der Waals surface area contributed by atoms with Gasteiger partial charge in [0.05, 0.1) is 0 Å². The molecule has 0 amide bonds. The van der Waals surface area contributed by atoms with Crippen molar-refractivity contribution >= 4 is 5.97 Å². The van der Waals surface area contributed by atoms with Crippen molar-refractivity contribution < 1.29 is 9.53 Å². The quantitative estimate of drug-likeness (QED) is 0.547. The Morgan fingerprint density at radius 3 is 3.10 bits per heavy atom. The monoisotopic (exact) mass is 141 g/mol. The van der Waals surface area contributed by atoms with E-state index in [2.05, 4.69) is 6.42 Å². The molecule has 1 saturated carbocycles. The molecular formula is C8H13O2. The fourth-order valence-electron chi connectivity index (χ4n) is 1.10. The molecule has 2 heteroatoms. The van der Waals surface area contributed by atoms with E-state index in [1.54, 1.807) is 0 Å². The SMILES string of the molecule is CCC(=O)OC1C[CH]CC1. The number of hydrogen-bond acceptors (Lipinski definition) is 2. The Bertz CT molecular complexity index is 114. The third-order valence-electron chi connectivity index (χ3n) is 1.71. The van der Waals surface area contributed by atoms with E-state index in [-0.39, 0.29) is 12.1 Å². The van der Waals surface area contributed by atoms with E-state index in [0.29, 0.717) is 6.42 Å². The first-order valence-electron chi connectivity index (χ1n) is 3.84. The van der Waals surface area contributed by atoms with E-state index in [1.165, 1.54) is 0 Å². The first-order chi connectivity index (χ1) is 4.83. The molecule has 10 heavy (non-hydrogen) atoms. The van der Waals surface area contributed by atoms with Crippen LogP contribution in [0.5, 0.6) is 0 Å². The summed E-state index contributed by atoms with van der Waals surface area (Å²) in [5, 5.41) is 0. The fraction of sp³-hybridized carbons (Fsp3) is 0.750. The molecule has 1 rings (SSSR count). The van der Waals surface area contributed by atoms with Gasteiger partial charge in [-0.1, -0.05) is 6.92 Å². The molecular weight excluding hydrogens is 128 g/mol. The third kappa shape index (κ3) is 2.01.